The van der Waals surface area contributed by atoms with Gasteiger partial charge in [-0.1, -0.05) is 0 Å². The topological polar surface area (TPSA) is 153 Å². The number of oxazole rings is 1. The number of aryl methyl sites for hydroxylation is 1. The number of nitrogens with zero attached hydrogens (tertiary/aromatic N) is 5. The minimum atomic E-state index is -4.49. The van der Waals surface area contributed by atoms with Crippen LogP contribution in [0.3, 0.4) is 0 Å². The van der Waals surface area contributed by atoms with Crippen LogP contribution in [0, 0.1) is 23.7 Å². The summed E-state index contributed by atoms with van der Waals surface area (Å²) in [5, 5.41) is 26.7. The van der Waals surface area contributed by atoms with Gasteiger partial charge in [-0.05, 0) is 52.0 Å². The molecule has 0 bridgehead atoms. The lowest BCUT2D eigenvalue weighted by Crippen LogP contribution is -2.31. The van der Waals surface area contributed by atoms with Crippen molar-refractivity contribution in [2.24, 2.45) is 5.41 Å². The van der Waals surface area contributed by atoms with Crippen LogP contribution in [0.25, 0.3) is 22.8 Å². The van der Waals surface area contributed by atoms with Gasteiger partial charge in [-0.2, -0.15) is 18.4 Å². The molecule has 0 radical (unpaired) electrons. The molecule has 36 heavy (non-hydrogen) atoms. The van der Waals surface area contributed by atoms with Gasteiger partial charge in [0.2, 0.25) is 12.1 Å². The SMILES string of the molecule is Cc1oc(-c2ccc(C(F)(F)F)cc2)nc1-c1nn(C(C)OC(=O)OCC(C)(C)C(=O)O)nc1C#N. The number of carbonyl (C=O) groups is 2. The van der Waals surface area contributed by atoms with Gasteiger partial charge in [0.25, 0.3) is 0 Å². The van der Waals surface area contributed by atoms with E-state index < -0.39 is 42.1 Å². The lowest BCUT2D eigenvalue weighted by Gasteiger charge is -2.19. The van der Waals surface area contributed by atoms with Crippen molar-refractivity contribution in [3.63, 3.8) is 0 Å². The van der Waals surface area contributed by atoms with Crippen LogP contribution in [0.15, 0.2) is 28.7 Å². The van der Waals surface area contributed by atoms with E-state index in [1.54, 1.807) is 0 Å². The molecular formula is C22H20F3N5O6. The number of aliphatic carboxylic acids is 1. The Balaban J connectivity index is 1.80. The number of benzene rings is 1. The molecule has 2 aromatic heterocycles. The van der Waals surface area contributed by atoms with Crippen molar-refractivity contribution in [1.82, 2.24) is 20.0 Å². The molecule has 3 rings (SSSR count). The van der Waals surface area contributed by atoms with Crippen molar-refractivity contribution in [1.29, 1.82) is 5.26 Å². The number of carbonyl (C=O) groups excluding carboxylic acids is 1. The Hall–Kier alpha value is -4.41. The molecule has 3 aromatic rings. The standard InChI is InChI=1S/C22H20F3N5O6/c1-11-16(27-18(35-11)13-5-7-14(8-6-13)22(23,24)25)17-15(9-26)28-30(29-17)12(2)36-20(33)34-10-21(3,4)19(31)32/h5-8,12H,10H2,1-4H3,(H,31,32). The first-order chi connectivity index (χ1) is 16.7. The summed E-state index contributed by atoms with van der Waals surface area (Å²) in [5.74, 6) is -0.944. The third-order valence-corrected chi connectivity index (χ3v) is 4.94. The maximum atomic E-state index is 12.8. The molecule has 1 aromatic carbocycles. The highest BCUT2D eigenvalue weighted by Gasteiger charge is 2.31. The van der Waals surface area contributed by atoms with Crippen LogP contribution in [-0.2, 0) is 20.4 Å². The zero-order valence-electron chi connectivity index (χ0n) is 19.5. The first-order valence-electron chi connectivity index (χ1n) is 10.3. The normalized spacial score (nSPS) is 12.6. The van der Waals surface area contributed by atoms with Gasteiger partial charge in [-0.3, -0.25) is 4.79 Å². The van der Waals surface area contributed by atoms with Crippen molar-refractivity contribution in [2.75, 3.05) is 6.61 Å². The molecule has 0 aliphatic carbocycles. The molecule has 0 amide bonds. The zero-order chi connectivity index (χ0) is 26.8. The molecule has 1 atom stereocenters. The van der Waals surface area contributed by atoms with E-state index in [0.717, 1.165) is 16.9 Å². The number of hydrogen-bond donors (Lipinski definition) is 1. The van der Waals surface area contributed by atoms with Crippen LogP contribution in [-0.4, -0.2) is 43.8 Å². The summed E-state index contributed by atoms with van der Waals surface area (Å²) in [5.41, 5.74) is -1.96. The molecule has 2 heterocycles. The van der Waals surface area contributed by atoms with Gasteiger partial charge in [-0.25, -0.2) is 9.78 Å². The largest absolute Gasteiger partial charge is 0.510 e. The van der Waals surface area contributed by atoms with Crippen LogP contribution in [0.2, 0.25) is 0 Å². The predicted molar refractivity (Wildman–Crippen MR) is 114 cm³/mol. The van der Waals surface area contributed by atoms with Crippen LogP contribution >= 0.6 is 0 Å². The number of carboxylic acids is 1. The summed E-state index contributed by atoms with van der Waals surface area (Å²) in [6.07, 6.45) is -6.81. The smallest absolute Gasteiger partial charge is 0.481 e. The lowest BCUT2D eigenvalue weighted by molar-refractivity contribution is -0.149. The highest BCUT2D eigenvalue weighted by atomic mass is 19.4. The average Bonchev–Trinajstić information content (AvgIpc) is 3.40. The summed E-state index contributed by atoms with van der Waals surface area (Å²) in [7, 11) is 0. The van der Waals surface area contributed by atoms with Gasteiger partial charge >= 0.3 is 18.3 Å². The second kappa shape index (κ2) is 9.68. The first-order valence-corrected chi connectivity index (χ1v) is 10.3. The highest BCUT2D eigenvalue weighted by Crippen LogP contribution is 2.33. The van der Waals surface area contributed by atoms with Gasteiger partial charge < -0.3 is 19.0 Å². The number of hydrogen-bond acceptors (Lipinski definition) is 9. The molecule has 0 saturated heterocycles. The average molecular weight is 507 g/mol. The Labute approximate surface area is 202 Å². The molecule has 1 N–H and O–H groups in total. The van der Waals surface area contributed by atoms with Gasteiger partial charge in [-0.15, -0.1) is 15.0 Å². The highest BCUT2D eigenvalue weighted by molar-refractivity contribution is 5.74. The fourth-order valence-electron chi connectivity index (χ4n) is 2.78. The maximum Gasteiger partial charge on any atom is 0.510 e. The fourth-order valence-corrected chi connectivity index (χ4v) is 2.78. The third-order valence-electron chi connectivity index (χ3n) is 4.94. The monoisotopic (exact) mass is 507 g/mol. The molecule has 0 aliphatic rings. The van der Waals surface area contributed by atoms with Crippen LogP contribution in [0.4, 0.5) is 18.0 Å². The molecule has 0 fully saturated rings. The number of alkyl halides is 3. The van der Waals surface area contributed by atoms with Gasteiger partial charge in [0.15, 0.2) is 11.4 Å². The van der Waals surface area contributed by atoms with E-state index in [9.17, 15) is 28.0 Å². The Kier molecular flexibility index (Phi) is 7.05. The zero-order valence-corrected chi connectivity index (χ0v) is 19.5. The molecule has 190 valence electrons. The summed E-state index contributed by atoms with van der Waals surface area (Å²) >= 11 is 0. The van der Waals surface area contributed by atoms with E-state index >= 15 is 0 Å². The minimum Gasteiger partial charge on any atom is -0.481 e. The van der Waals surface area contributed by atoms with Crippen molar-refractivity contribution in [3.05, 3.63) is 41.3 Å². The molecular weight excluding hydrogens is 487 g/mol. The van der Waals surface area contributed by atoms with Crippen LogP contribution in [0.5, 0.6) is 0 Å². The van der Waals surface area contributed by atoms with E-state index in [-0.39, 0.29) is 34.3 Å². The van der Waals surface area contributed by atoms with Crippen molar-refractivity contribution in [3.8, 4) is 28.9 Å². The summed E-state index contributed by atoms with van der Waals surface area (Å²) < 4.78 is 53.9. The minimum absolute atomic E-state index is 0.00332. The van der Waals surface area contributed by atoms with E-state index in [0.29, 0.717) is 0 Å². The van der Waals surface area contributed by atoms with E-state index in [2.05, 4.69) is 15.2 Å². The number of aromatic nitrogens is 4. The van der Waals surface area contributed by atoms with Crippen LogP contribution < -0.4 is 0 Å². The molecule has 0 aliphatic heterocycles. The van der Waals surface area contributed by atoms with Gasteiger partial charge in [0.05, 0.1) is 11.0 Å². The Bertz CT molecular complexity index is 1320. The van der Waals surface area contributed by atoms with Crippen molar-refractivity contribution in [2.45, 2.75) is 40.1 Å². The second-order valence-electron chi connectivity index (χ2n) is 8.27. The van der Waals surface area contributed by atoms with Gasteiger partial charge in [0.1, 0.15) is 24.1 Å². The second-order valence-corrected chi connectivity index (χ2v) is 8.27. The fraction of sp³-hybridized carbons (Fsp3) is 0.364. The Morgan fingerprint density at radius 1 is 1.19 bits per heavy atom. The molecule has 0 saturated carbocycles. The number of nitriles is 1. The molecule has 14 heteroatoms. The molecule has 1 unspecified atom stereocenters. The van der Waals surface area contributed by atoms with Crippen LogP contribution in [0.1, 0.15) is 44.0 Å². The third kappa shape index (κ3) is 5.62. The first kappa shape index (κ1) is 26.2. The number of halogens is 3. The lowest BCUT2D eigenvalue weighted by atomic mass is 9.95. The van der Waals surface area contributed by atoms with Crippen molar-refractivity contribution < 1.29 is 41.8 Å². The van der Waals surface area contributed by atoms with Crippen molar-refractivity contribution >= 4 is 12.1 Å². The molecule has 11 nitrogen and oxygen atoms in total. The number of ether oxygens (including phenoxy) is 2. The van der Waals surface area contributed by atoms with Gasteiger partial charge in [0, 0.05) is 5.56 Å². The maximum absolute atomic E-state index is 12.8. The Morgan fingerprint density at radius 2 is 1.83 bits per heavy atom. The summed E-state index contributed by atoms with van der Waals surface area (Å²) in [6, 6.07) is 6.03. The summed E-state index contributed by atoms with van der Waals surface area (Å²) in [4.78, 5) is 28.2. The predicted octanol–water partition coefficient (Wildman–Crippen LogP) is 4.58. The van der Waals surface area contributed by atoms with E-state index in [1.807, 2.05) is 6.07 Å². The number of carboxylic acid groups (broad SMARTS) is 1. The molecule has 0 spiro atoms. The quantitative estimate of drug-likeness (QED) is 0.449. The Morgan fingerprint density at radius 3 is 2.39 bits per heavy atom. The number of rotatable bonds is 7. The summed E-state index contributed by atoms with van der Waals surface area (Å²) in [6.45, 7) is 5.20. The van der Waals surface area contributed by atoms with E-state index in [1.165, 1.54) is 39.8 Å². The van der Waals surface area contributed by atoms with E-state index in [4.69, 9.17) is 19.0 Å².